The first-order valence-corrected chi connectivity index (χ1v) is 10.5. The largest absolute Gasteiger partial charge is 0.381 e. The average molecular weight is 398 g/mol. The van der Waals surface area contributed by atoms with Gasteiger partial charge in [0.15, 0.2) is 0 Å². The van der Waals surface area contributed by atoms with Crippen LogP contribution in [0.1, 0.15) is 49.7 Å². The molecule has 2 fully saturated rings. The van der Waals surface area contributed by atoms with Gasteiger partial charge in [-0.1, -0.05) is 39.0 Å². The van der Waals surface area contributed by atoms with E-state index in [9.17, 15) is 4.79 Å². The Balaban J connectivity index is 1.67. The fourth-order valence-electron chi connectivity index (χ4n) is 4.24. The van der Waals surface area contributed by atoms with Crippen molar-refractivity contribution < 1.29 is 14.3 Å². The van der Waals surface area contributed by atoms with E-state index in [0.29, 0.717) is 25.3 Å². The van der Waals surface area contributed by atoms with Gasteiger partial charge in [-0.2, -0.15) is 5.10 Å². The Morgan fingerprint density at radius 1 is 1.07 bits per heavy atom. The van der Waals surface area contributed by atoms with Gasteiger partial charge in [0.1, 0.15) is 0 Å². The van der Waals surface area contributed by atoms with Gasteiger partial charge in [-0.3, -0.25) is 4.79 Å². The summed E-state index contributed by atoms with van der Waals surface area (Å²) < 4.78 is 13.3. The van der Waals surface area contributed by atoms with E-state index in [4.69, 9.17) is 14.6 Å². The highest BCUT2D eigenvalue weighted by Gasteiger charge is 2.39. The molecule has 0 aliphatic carbocycles. The average Bonchev–Trinajstić information content (AvgIpc) is 3.08. The van der Waals surface area contributed by atoms with Gasteiger partial charge in [-0.25, -0.2) is 4.68 Å². The van der Waals surface area contributed by atoms with Crippen LogP contribution in [0.25, 0.3) is 5.69 Å². The lowest BCUT2D eigenvalue weighted by molar-refractivity contribution is -0.0304. The standard InChI is InChI=1S/C23H31N3O3/c1-22(2,3)20-19(15-26(24-20)18-7-5-4-6-8-18)21(27)25-11-14-29-17-23(16-25)9-12-28-13-10-23/h4-8,15H,9-14,16-17H2,1-3H3. The Morgan fingerprint density at radius 3 is 2.48 bits per heavy atom. The van der Waals surface area contributed by atoms with Gasteiger partial charge in [0.25, 0.3) is 5.91 Å². The van der Waals surface area contributed by atoms with E-state index >= 15 is 0 Å². The van der Waals surface area contributed by atoms with Crippen LogP contribution >= 0.6 is 0 Å². The number of carbonyl (C=O) groups is 1. The van der Waals surface area contributed by atoms with E-state index in [1.807, 2.05) is 46.1 Å². The second kappa shape index (κ2) is 7.92. The number of carbonyl (C=O) groups excluding carboxylic acids is 1. The molecule has 4 rings (SSSR count). The maximum absolute atomic E-state index is 13.7. The molecule has 1 aromatic heterocycles. The lowest BCUT2D eigenvalue weighted by Crippen LogP contribution is -2.45. The molecule has 6 heteroatoms. The minimum atomic E-state index is -0.232. The Kier molecular flexibility index (Phi) is 5.49. The van der Waals surface area contributed by atoms with Crippen LogP contribution in [0, 0.1) is 5.41 Å². The summed E-state index contributed by atoms with van der Waals surface area (Å²) in [4.78, 5) is 15.6. The third kappa shape index (κ3) is 4.23. The highest BCUT2D eigenvalue weighted by Crippen LogP contribution is 2.34. The molecule has 2 saturated heterocycles. The molecular weight excluding hydrogens is 366 g/mol. The number of aromatic nitrogens is 2. The summed E-state index contributed by atoms with van der Waals surface area (Å²) in [5.74, 6) is 0.0495. The molecule has 29 heavy (non-hydrogen) atoms. The highest BCUT2D eigenvalue weighted by molar-refractivity contribution is 5.95. The highest BCUT2D eigenvalue weighted by atomic mass is 16.5. The molecule has 1 amide bonds. The lowest BCUT2D eigenvalue weighted by Gasteiger charge is -2.38. The SMILES string of the molecule is CC(C)(C)c1nn(-c2ccccc2)cc1C(=O)N1CCOCC2(CCOCC2)C1. The number of hydrogen-bond acceptors (Lipinski definition) is 4. The number of amides is 1. The van der Waals surface area contributed by atoms with Gasteiger partial charge in [-0.05, 0) is 25.0 Å². The summed E-state index contributed by atoms with van der Waals surface area (Å²) in [6.07, 6.45) is 3.76. The Hall–Kier alpha value is -2.18. The van der Waals surface area contributed by atoms with Crippen molar-refractivity contribution in [1.29, 1.82) is 0 Å². The minimum absolute atomic E-state index is 0.00172. The molecule has 0 atom stereocenters. The number of benzene rings is 1. The van der Waals surface area contributed by atoms with Gasteiger partial charge in [0.05, 0.1) is 30.2 Å². The molecule has 2 aromatic rings. The molecule has 1 aromatic carbocycles. The normalized spacial score (nSPS) is 19.9. The van der Waals surface area contributed by atoms with Crippen LogP contribution in [-0.2, 0) is 14.9 Å². The predicted molar refractivity (Wildman–Crippen MR) is 111 cm³/mol. The molecule has 0 N–H and O–H groups in total. The van der Waals surface area contributed by atoms with Crippen LogP contribution in [0.4, 0.5) is 0 Å². The van der Waals surface area contributed by atoms with E-state index < -0.39 is 0 Å². The molecule has 156 valence electrons. The number of ether oxygens (including phenoxy) is 2. The van der Waals surface area contributed by atoms with Crippen molar-refractivity contribution in [2.75, 3.05) is 39.5 Å². The number of para-hydroxylation sites is 1. The zero-order valence-corrected chi connectivity index (χ0v) is 17.7. The summed E-state index contributed by atoms with van der Waals surface area (Å²) in [5, 5.41) is 4.81. The van der Waals surface area contributed by atoms with Gasteiger partial charge in [-0.15, -0.1) is 0 Å². The summed E-state index contributed by atoms with van der Waals surface area (Å²) in [5.41, 5.74) is 2.24. The molecule has 2 aliphatic heterocycles. The molecule has 1 spiro atoms. The van der Waals surface area contributed by atoms with Crippen molar-refractivity contribution in [2.24, 2.45) is 5.41 Å². The summed E-state index contributed by atoms with van der Waals surface area (Å²) in [6.45, 7) is 10.4. The maximum Gasteiger partial charge on any atom is 0.257 e. The van der Waals surface area contributed by atoms with Gasteiger partial charge >= 0.3 is 0 Å². The van der Waals surface area contributed by atoms with Gasteiger partial charge in [0, 0.05) is 43.3 Å². The summed E-state index contributed by atoms with van der Waals surface area (Å²) >= 11 is 0. The summed E-state index contributed by atoms with van der Waals surface area (Å²) in [7, 11) is 0. The van der Waals surface area contributed by atoms with E-state index in [1.165, 1.54) is 0 Å². The van der Waals surface area contributed by atoms with E-state index in [1.54, 1.807) is 0 Å². The van der Waals surface area contributed by atoms with Crippen molar-refractivity contribution in [2.45, 2.75) is 39.0 Å². The first kappa shape index (κ1) is 20.1. The number of rotatable bonds is 2. The van der Waals surface area contributed by atoms with Gasteiger partial charge < -0.3 is 14.4 Å². The molecule has 0 saturated carbocycles. The van der Waals surface area contributed by atoms with Gasteiger partial charge in [0.2, 0.25) is 0 Å². The quantitative estimate of drug-likeness (QED) is 0.779. The van der Waals surface area contributed by atoms with Crippen molar-refractivity contribution >= 4 is 5.91 Å². The molecular formula is C23H31N3O3. The van der Waals surface area contributed by atoms with E-state index in [-0.39, 0.29) is 16.7 Å². The topological polar surface area (TPSA) is 56.6 Å². The zero-order valence-electron chi connectivity index (χ0n) is 17.7. The van der Waals surface area contributed by atoms with Crippen LogP contribution in [0.15, 0.2) is 36.5 Å². The van der Waals surface area contributed by atoms with Crippen LogP contribution in [0.2, 0.25) is 0 Å². The van der Waals surface area contributed by atoms with Crippen LogP contribution in [0.3, 0.4) is 0 Å². The first-order valence-electron chi connectivity index (χ1n) is 10.5. The third-order valence-corrected chi connectivity index (χ3v) is 5.96. The Labute approximate surface area is 172 Å². The molecule has 2 aliphatic rings. The van der Waals surface area contributed by atoms with Crippen LogP contribution in [-0.4, -0.2) is 60.1 Å². The zero-order chi connectivity index (χ0) is 20.5. The first-order chi connectivity index (χ1) is 13.9. The molecule has 0 bridgehead atoms. The minimum Gasteiger partial charge on any atom is -0.381 e. The Morgan fingerprint density at radius 2 is 1.79 bits per heavy atom. The predicted octanol–water partition coefficient (Wildman–Crippen LogP) is 3.44. The van der Waals surface area contributed by atoms with Crippen LogP contribution < -0.4 is 0 Å². The fourth-order valence-corrected chi connectivity index (χ4v) is 4.24. The molecule has 6 nitrogen and oxygen atoms in total. The smallest absolute Gasteiger partial charge is 0.257 e. The summed E-state index contributed by atoms with van der Waals surface area (Å²) in [6, 6.07) is 9.95. The molecule has 3 heterocycles. The van der Waals surface area contributed by atoms with E-state index in [0.717, 1.165) is 44.0 Å². The molecule has 0 unspecified atom stereocenters. The number of nitrogens with zero attached hydrogens (tertiary/aromatic N) is 3. The van der Waals surface area contributed by atoms with Crippen molar-refractivity contribution in [3.05, 3.63) is 47.8 Å². The van der Waals surface area contributed by atoms with Crippen molar-refractivity contribution in [3.63, 3.8) is 0 Å². The Bertz CT molecular complexity index is 848. The monoisotopic (exact) mass is 397 g/mol. The second-order valence-electron chi connectivity index (χ2n) is 9.31. The van der Waals surface area contributed by atoms with Crippen molar-refractivity contribution in [1.82, 2.24) is 14.7 Å². The van der Waals surface area contributed by atoms with E-state index in [2.05, 4.69) is 20.8 Å². The molecule has 0 radical (unpaired) electrons. The lowest BCUT2D eigenvalue weighted by atomic mass is 9.80. The van der Waals surface area contributed by atoms with Crippen LogP contribution in [0.5, 0.6) is 0 Å². The fraction of sp³-hybridized carbons (Fsp3) is 0.565. The van der Waals surface area contributed by atoms with Crippen molar-refractivity contribution in [3.8, 4) is 5.69 Å². The maximum atomic E-state index is 13.7. The number of hydrogen-bond donors (Lipinski definition) is 0. The second-order valence-corrected chi connectivity index (χ2v) is 9.31. The third-order valence-electron chi connectivity index (χ3n) is 5.96.